The molecule has 0 rings (SSSR count). The summed E-state index contributed by atoms with van der Waals surface area (Å²) in [7, 11) is 0. The lowest BCUT2D eigenvalue weighted by molar-refractivity contribution is -0.142. The summed E-state index contributed by atoms with van der Waals surface area (Å²) in [6.07, 6.45) is 3.44. The van der Waals surface area contributed by atoms with Gasteiger partial charge in [0.15, 0.2) is 0 Å². The summed E-state index contributed by atoms with van der Waals surface area (Å²) < 4.78 is 0. The highest BCUT2D eigenvalue weighted by molar-refractivity contribution is 7.98. The molecule has 0 aliphatic heterocycles. The van der Waals surface area contributed by atoms with Crippen LogP contribution in [0.2, 0.25) is 0 Å². The molecule has 184 valence electrons. The Kier molecular flexibility index (Phi) is 15.1. The van der Waals surface area contributed by atoms with Crippen LogP contribution in [0.15, 0.2) is 0 Å². The molecule has 0 aromatic rings. The predicted octanol–water partition coefficient (Wildman–Crippen LogP) is -1.98. The summed E-state index contributed by atoms with van der Waals surface area (Å²) in [6, 6.07) is -4.11. The normalized spacial score (nSPS) is 14.5. The number of carbonyl (C=O) groups is 5. The van der Waals surface area contributed by atoms with E-state index in [-0.39, 0.29) is 25.7 Å². The van der Waals surface area contributed by atoms with E-state index in [1.807, 2.05) is 6.26 Å². The van der Waals surface area contributed by atoms with Crippen molar-refractivity contribution in [1.29, 1.82) is 0 Å². The van der Waals surface area contributed by atoms with Crippen molar-refractivity contribution in [2.75, 3.05) is 18.6 Å². The molecule has 0 aromatic heterocycles. The number of hydrogen-bond donors (Lipinski definition) is 7. The van der Waals surface area contributed by atoms with E-state index in [4.69, 9.17) is 17.2 Å². The molecule has 32 heavy (non-hydrogen) atoms. The minimum atomic E-state index is -1.16. The Morgan fingerprint density at radius 3 is 2.06 bits per heavy atom. The number of carboxylic acids is 1. The molecule has 4 unspecified atom stereocenters. The molecule has 4 atom stereocenters. The third-order valence-electron chi connectivity index (χ3n) is 4.60. The zero-order valence-corrected chi connectivity index (χ0v) is 19.4. The van der Waals surface area contributed by atoms with Crippen molar-refractivity contribution in [3.8, 4) is 0 Å². The number of primary amides is 1. The molecule has 0 saturated carbocycles. The molecule has 4 amide bonds. The summed E-state index contributed by atoms with van der Waals surface area (Å²) >= 11 is 1.45. The van der Waals surface area contributed by atoms with Gasteiger partial charge in [-0.05, 0) is 57.6 Å². The van der Waals surface area contributed by atoms with Crippen molar-refractivity contribution in [3.05, 3.63) is 0 Å². The fourth-order valence-electron chi connectivity index (χ4n) is 2.64. The summed E-state index contributed by atoms with van der Waals surface area (Å²) in [5, 5.41) is 16.8. The Bertz CT molecular complexity index is 650. The second kappa shape index (κ2) is 16.3. The number of thioether (sulfide) groups is 1. The highest BCUT2D eigenvalue weighted by Crippen LogP contribution is 2.06. The van der Waals surface area contributed by atoms with Gasteiger partial charge in [-0.3, -0.25) is 19.2 Å². The lowest BCUT2D eigenvalue weighted by Crippen LogP contribution is -2.56. The standard InChI is InChI=1S/C19H36N6O6S/c1-11(23-17(28)12(21)6-7-15(22)26)16(27)24-13(5-3-4-9-20)18(29)25-14(19(30)31)8-10-32-2/h11-14H,3-10,20-21H2,1-2H3,(H2,22,26)(H,23,28)(H,24,27)(H,25,29)(H,30,31). The van der Waals surface area contributed by atoms with Crippen LogP contribution in [-0.4, -0.2) is 77.4 Å². The Morgan fingerprint density at radius 2 is 1.53 bits per heavy atom. The topological polar surface area (TPSA) is 220 Å². The molecule has 0 fully saturated rings. The Hall–Kier alpha value is -2.38. The summed E-state index contributed by atoms with van der Waals surface area (Å²) in [5.74, 6) is -3.11. The van der Waals surface area contributed by atoms with Gasteiger partial charge in [-0.15, -0.1) is 0 Å². The molecule has 0 aliphatic rings. The molecule has 0 saturated heterocycles. The van der Waals surface area contributed by atoms with E-state index in [0.29, 0.717) is 25.1 Å². The number of rotatable bonds is 17. The summed E-state index contributed by atoms with van der Waals surface area (Å²) in [4.78, 5) is 59.5. The minimum Gasteiger partial charge on any atom is -0.480 e. The van der Waals surface area contributed by atoms with Gasteiger partial charge in [-0.2, -0.15) is 11.8 Å². The number of amides is 4. The van der Waals surface area contributed by atoms with Gasteiger partial charge >= 0.3 is 5.97 Å². The Labute approximate surface area is 192 Å². The fraction of sp³-hybridized carbons (Fsp3) is 0.737. The van der Waals surface area contributed by atoms with E-state index in [1.165, 1.54) is 18.7 Å². The van der Waals surface area contributed by atoms with Crippen LogP contribution in [0.3, 0.4) is 0 Å². The second-order valence-corrected chi connectivity index (χ2v) is 8.35. The van der Waals surface area contributed by atoms with Crippen LogP contribution in [0.25, 0.3) is 0 Å². The van der Waals surface area contributed by atoms with Crippen LogP contribution in [0.5, 0.6) is 0 Å². The third-order valence-corrected chi connectivity index (χ3v) is 5.24. The van der Waals surface area contributed by atoms with Crippen molar-refractivity contribution >= 4 is 41.4 Å². The molecule has 0 spiro atoms. The summed E-state index contributed by atoms with van der Waals surface area (Å²) in [5.41, 5.74) is 16.2. The fourth-order valence-corrected chi connectivity index (χ4v) is 3.11. The SMILES string of the molecule is CSCCC(NC(=O)C(CCCCN)NC(=O)C(C)NC(=O)C(N)CCC(N)=O)C(=O)O. The number of carboxylic acid groups (broad SMARTS) is 1. The molecule has 10 N–H and O–H groups in total. The van der Waals surface area contributed by atoms with Gasteiger partial charge in [0.25, 0.3) is 0 Å². The number of hydrogen-bond acceptors (Lipinski definition) is 8. The van der Waals surface area contributed by atoms with E-state index < -0.39 is 53.8 Å². The molecular formula is C19H36N6O6S. The molecule has 0 aromatic carbocycles. The highest BCUT2D eigenvalue weighted by atomic mass is 32.2. The third kappa shape index (κ3) is 12.5. The first-order valence-corrected chi connectivity index (χ1v) is 11.8. The number of unbranched alkanes of at least 4 members (excludes halogenated alkanes) is 1. The van der Waals surface area contributed by atoms with E-state index in [2.05, 4.69) is 16.0 Å². The quantitative estimate of drug-likeness (QED) is 0.115. The highest BCUT2D eigenvalue weighted by Gasteiger charge is 2.28. The van der Waals surface area contributed by atoms with Crippen LogP contribution in [-0.2, 0) is 24.0 Å². The van der Waals surface area contributed by atoms with Crippen LogP contribution in [0.4, 0.5) is 0 Å². The van der Waals surface area contributed by atoms with Crippen molar-refractivity contribution in [2.45, 2.75) is 69.6 Å². The number of aliphatic carboxylic acids is 1. The molecule has 0 bridgehead atoms. The number of carbonyl (C=O) groups excluding carboxylic acids is 4. The monoisotopic (exact) mass is 476 g/mol. The predicted molar refractivity (Wildman–Crippen MR) is 121 cm³/mol. The average molecular weight is 477 g/mol. The first kappa shape index (κ1) is 29.6. The van der Waals surface area contributed by atoms with Crippen LogP contribution in [0.1, 0.15) is 45.4 Å². The van der Waals surface area contributed by atoms with E-state index in [9.17, 15) is 29.1 Å². The number of nitrogens with two attached hydrogens (primary N) is 3. The van der Waals surface area contributed by atoms with Crippen LogP contribution >= 0.6 is 11.8 Å². The van der Waals surface area contributed by atoms with Crippen molar-refractivity contribution in [2.24, 2.45) is 17.2 Å². The van der Waals surface area contributed by atoms with Crippen LogP contribution < -0.4 is 33.2 Å². The summed E-state index contributed by atoms with van der Waals surface area (Å²) in [6.45, 7) is 1.82. The molecule has 0 aliphatic carbocycles. The number of nitrogens with one attached hydrogen (secondary N) is 3. The minimum absolute atomic E-state index is 0.0340. The maximum atomic E-state index is 12.7. The molecule has 12 nitrogen and oxygen atoms in total. The maximum absolute atomic E-state index is 12.7. The molecule has 0 radical (unpaired) electrons. The molecule has 0 heterocycles. The largest absolute Gasteiger partial charge is 0.480 e. The van der Waals surface area contributed by atoms with Gasteiger partial charge in [0.05, 0.1) is 6.04 Å². The van der Waals surface area contributed by atoms with Crippen molar-refractivity contribution in [3.63, 3.8) is 0 Å². The first-order chi connectivity index (χ1) is 15.0. The van der Waals surface area contributed by atoms with Gasteiger partial charge < -0.3 is 38.3 Å². The lowest BCUT2D eigenvalue weighted by atomic mass is 10.1. The van der Waals surface area contributed by atoms with Gasteiger partial charge in [0.1, 0.15) is 18.1 Å². The van der Waals surface area contributed by atoms with E-state index >= 15 is 0 Å². The molecule has 13 heteroatoms. The molecular weight excluding hydrogens is 440 g/mol. The van der Waals surface area contributed by atoms with Gasteiger partial charge in [-0.1, -0.05) is 0 Å². The average Bonchev–Trinajstić information content (AvgIpc) is 2.73. The van der Waals surface area contributed by atoms with E-state index in [1.54, 1.807) is 0 Å². The van der Waals surface area contributed by atoms with Crippen molar-refractivity contribution < 1.29 is 29.1 Å². The van der Waals surface area contributed by atoms with Gasteiger partial charge in [0, 0.05) is 6.42 Å². The van der Waals surface area contributed by atoms with Crippen LogP contribution in [0, 0.1) is 0 Å². The smallest absolute Gasteiger partial charge is 0.326 e. The van der Waals surface area contributed by atoms with Crippen molar-refractivity contribution in [1.82, 2.24) is 16.0 Å². The maximum Gasteiger partial charge on any atom is 0.326 e. The Balaban J connectivity index is 5.04. The Morgan fingerprint density at radius 1 is 0.906 bits per heavy atom. The first-order valence-electron chi connectivity index (χ1n) is 10.4. The second-order valence-electron chi connectivity index (χ2n) is 7.37. The zero-order chi connectivity index (χ0) is 24.7. The van der Waals surface area contributed by atoms with E-state index in [0.717, 1.165) is 0 Å². The lowest BCUT2D eigenvalue weighted by Gasteiger charge is -2.23. The van der Waals surface area contributed by atoms with Gasteiger partial charge in [-0.25, -0.2) is 4.79 Å². The zero-order valence-electron chi connectivity index (χ0n) is 18.6. The van der Waals surface area contributed by atoms with Gasteiger partial charge in [0.2, 0.25) is 23.6 Å².